The molecule has 0 unspecified atom stereocenters. The molecule has 0 bridgehead atoms. The van der Waals surface area contributed by atoms with Crippen molar-refractivity contribution in [1.82, 2.24) is 4.98 Å². The second-order valence-corrected chi connectivity index (χ2v) is 4.23. The molecule has 0 aliphatic heterocycles. The highest BCUT2D eigenvalue weighted by molar-refractivity contribution is 5.84. The van der Waals surface area contributed by atoms with Gasteiger partial charge >= 0.3 is 0 Å². The number of hydrazone groups is 1. The van der Waals surface area contributed by atoms with E-state index in [1.165, 1.54) is 5.56 Å². The SMILES string of the molecule is Cc1cc(N/N=C/c2ccco2)nc2ccccc12. The fourth-order valence-electron chi connectivity index (χ4n) is 1.93. The molecule has 0 saturated carbocycles. The Kier molecular flexibility index (Phi) is 2.98. The van der Waals surface area contributed by atoms with Gasteiger partial charge in [0.15, 0.2) is 0 Å². The Balaban J connectivity index is 1.85. The second kappa shape index (κ2) is 4.94. The fraction of sp³-hybridized carbons (Fsp3) is 0.0667. The first-order valence-corrected chi connectivity index (χ1v) is 6.02. The van der Waals surface area contributed by atoms with Crippen LogP contribution in [0.25, 0.3) is 10.9 Å². The van der Waals surface area contributed by atoms with Crippen LogP contribution in [0.4, 0.5) is 5.82 Å². The smallest absolute Gasteiger partial charge is 0.147 e. The van der Waals surface area contributed by atoms with Crippen molar-refractivity contribution < 1.29 is 4.42 Å². The van der Waals surface area contributed by atoms with Crippen molar-refractivity contribution in [2.24, 2.45) is 5.10 Å². The van der Waals surface area contributed by atoms with E-state index in [0.717, 1.165) is 16.7 Å². The number of hydrogen-bond acceptors (Lipinski definition) is 4. The van der Waals surface area contributed by atoms with Crippen molar-refractivity contribution in [2.75, 3.05) is 5.43 Å². The molecule has 4 heteroatoms. The monoisotopic (exact) mass is 251 g/mol. The molecule has 3 aromatic rings. The molecule has 1 N–H and O–H groups in total. The van der Waals surface area contributed by atoms with Gasteiger partial charge in [0.2, 0.25) is 0 Å². The van der Waals surface area contributed by atoms with E-state index < -0.39 is 0 Å². The molecule has 0 amide bonds. The third-order valence-corrected chi connectivity index (χ3v) is 2.84. The molecule has 2 heterocycles. The van der Waals surface area contributed by atoms with Crippen molar-refractivity contribution in [1.29, 1.82) is 0 Å². The van der Waals surface area contributed by atoms with Crippen LogP contribution >= 0.6 is 0 Å². The van der Waals surface area contributed by atoms with Crippen LogP contribution in [-0.2, 0) is 0 Å². The van der Waals surface area contributed by atoms with Crippen molar-refractivity contribution >= 4 is 22.9 Å². The Labute approximate surface area is 110 Å². The molecular weight excluding hydrogens is 238 g/mol. The summed E-state index contributed by atoms with van der Waals surface area (Å²) in [6.07, 6.45) is 3.23. The van der Waals surface area contributed by atoms with Crippen LogP contribution in [0.1, 0.15) is 11.3 Å². The first-order valence-electron chi connectivity index (χ1n) is 6.02. The van der Waals surface area contributed by atoms with Crippen LogP contribution in [-0.4, -0.2) is 11.2 Å². The lowest BCUT2D eigenvalue weighted by molar-refractivity contribution is 0.560. The van der Waals surface area contributed by atoms with Crippen molar-refractivity contribution in [3.63, 3.8) is 0 Å². The molecule has 2 aromatic heterocycles. The number of aromatic nitrogens is 1. The topological polar surface area (TPSA) is 50.4 Å². The van der Waals surface area contributed by atoms with E-state index in [9.17, 15) is 0 Å². The maximum atomic E-state index is 5.16. The molecule has 94 valence electrons. The molecular formula is C15H13N3O. The maximum Gasteiger partial charge on any atom is 0.147 e. The van der Waals surface area contributed by atoms with Gasteiger partial charge in [0.05, 0.1) is 18.0 Å². The van der Waals surface area contributed by atoms with Crippen LogP contribution in [0.5, 0.6) is 0 Å². The van der Waals surface area contributed by atoms with E-state index in [0.29, 0.717) is 5.76 Å². The van der Waals surface area contributed by atoms with Crippen molar-refractivity contribution in [3.8, 4) is 0 Å². The molecule has 0 saturated heterocycles. The summed E-state index contributed by atoms with van der Waals surface area (Å²) in [4.78, 5) is 4.50. The van der Waals surface area contributed by atoms with E-state index in [4.69, 9.17) is 4.42 Å². The van der Waals surface area contributed by atoms with Gasteiger partial charge in [-0.1, -0.05) is 18.2 Å². The number of anilines is 1. The Morgan fingerprint density at radius 2 is 2.11 bits per heavy atom. The zero-order chi connectivity index (χ0) is 13.1. The van der Waals surface area contributed by atoms with Gasteiger partial charge in [-0.3, -0.25) is 5.43 Å². The number of fused-ring (bicyclic) bond motifs is 1. The number of hydrogen-bond donors (Lipinski definition) is 1. The Morgan fingerprint density at radius 1 is 1.21 bits per heavy atom. The van der Waals surface area contributed by atoms with E-state index in [-0.39, 0.29) is 0 Å². The quantitative estimate of drug-likeness (QED) is 0.571. The zero-order valence-electron chi connectivity index (χ0n) is 10.5. The van der Waals surface area contributed by atoms with Gasteiger partial charge in [0.25, 0.3) is 0 Å². The van der Waals surface area contributed by atoms with Gasteiger partial charge in [-0.2, -0.15) is 5.10 Å². The number of benzene rings is 1. The third-order valence-electron chi connectivity index (χ3n) is 2.84. The third kappa shape index (κ3) is 2.47. The van der Waals surface area contributed by atoms with Crippen LogP contribution in [0, 0.1) is 6.92 Å². The van der Waals surface area contributed by atoms with Crippen LogP contribution in [0.15, 0.2) is 58.2 Å². The predicted octanol–water partition coefficient (Wildman–Crippen LogP) is 3.58. The maximum absolute atomic E-state index is 5.16. The summed E-state index contributed by atoms with van der Waals surface area (Å²) >= 11 is 0. The molecule has 0 aliphatic carbocycles. The fourth-order valence-corrected chi connectivity index (χ4v) is 1.93. The Bertz CT molecular complexity index is 717. The van der Waals surface area contributed by atoms with E-state index >= 15 is 0 Å². The first kappa shape index (κ1) is 11.5. The van der Waals surface area contributed by atoms with Gasteiger partial charge in [0, 0.05) is 5.39 Å². The average molecular weight is 251 g/mol. The molecule has 0 atom stereocenters. The lowest BCUT2D eigenvalue weighted by Crippen LogP contribution is -1.95. The minimum Gasteiger partial charge on any atom is -0.463 e. The average Bonchev–Trinajstić information content (AvgIpc) is 2.92. The zero-order valence-corrected chi connectivity index (χ0v) is 10.5. The van der Waals surface area contributed by atoms with Crippen LogP contribution in [0.3, 0.4) is 0 Å². The minimum atomic E-state index is 0.699. The van der Waals surface area contributed by atoms with Gasteiger partial charge in [-0.05, 0) is 36.8 Å². The number of pyridine rings is 1. The predicted molar refractivity (Wildman–Crippen MR) is 76.4 cm³/mol. The number of para-hydroxylation sites is 1. The van der Waals surface area contributed by atoms with Crippen LogP contribution < -0.4 is 5.43 Å². The van der Waals surface area contributed by atoms with E-state index in [1.54, 1.807) is 12.5 Å². The highest BCUT2D eigenvalue weighted by Gasteiger charge is 2.00. The summed E-state index contributed by atoms with van der Waals surface area (Å²) in [6.45, 7) is 2.06. The second-order valence-electron chi connectivity index (χ2n) is 4.23. The molecule has 1 aromatic carbocycles. The Morgan fingerprint density at radius 3 is 2.95 bits per heavy atom. The van der Waals surface area contributed by atoms with Gasteiger partial charge in [0.1, 0.15) is 11.6 Å². The largest absolute Gasteiger partial charge is 0.463 e. The summed E-state index contributed by atoms with van der Waals surface area (Å²) in [6, 6.07) is 13.7. The van der Waals surface area contributed by atoms with Gasteiger partial charge < -0.3 is 4.42 Å². The van der Waals surface area contributed by atoms with Gasteiger partial charge in [-0.25, -0.2) is 4.98 Å². The van der Waals surface area contributed by atoms with Crippen molar-refractivity contribution in [2.45, 2.75) is 6.92 Å². The molecule has 19 heavy (non-hydrogen) atoms. The van der Waals surface area contributed by atoms with Crippen LogP contribution in [0.2, 0.25) is 0 Å². The number of furan rings is 1. The molecule has 4 nitrogen and oxygen atoms in total. The van der Waals surface area contributed by atoms with E-state index in [2.05, 4.69) is 28.5 Å². The number of aryl methyl sites for hydroxylation is 1. The lowest BCUT2D eigenvalue weighted by Gasteiger charge is -2.05. The number of nitrogens with zero attached hydrogens (tertiary/aromatic N) is 2. The molecule has 0 aliphatic rings. The first-order chi connectivity index (χ1) is 9.33. The summed E-state index contributed by atoms with van der Waals surface area (Å²) in [5.74, 6) is 1.42. The van der Waals surface area contributed by atoms with Gasteiger partial charge in [-0.15, -0.1) is 0 Å². The number of rotatable bonds is 3. The minimum absolute atomic E-state index is 0.699. The normalized spacial score (nSPS) is 11.2. The van der Waals surface area contributed by atoms with E-state index in [1.807, 2.05) is 36.4 Å². The molecule has 0 radical (unpaired) electrons. The highest BCUT2D eigenvalue weighted by Crippen LogP contribution is 2.19. The highest BCUT2D eigenvalue weighted by atomic mass is 16.3. The molecule has 3 rings (SSSR count). The van der Waals surface area contributed by atoms with Crippen molar-refractivity contribution in [3.05, 3.63) is 60.1 Å². The summed E-state index contributed by atoms with van der Waals surface area (Å²) in [5.41, 5.74) is 5.04. The summed E-state index contributed by atoms with van der Waals surface area (Å²) in [5, 5.41) is 5.26. The molecule has 0 fully saturated rings. The Hall–Kier alpha value is -2.62. The lowest BCUT2D eigenvalue weighted by atomic mass is 10.1. The summed E-state index contributed by atoms with van der Waals surface area (Å²) < 4.78 is 5.16. The number of nitrogens with one attached hydrogen (secondary N) is 1. The molecule has 0 spiro atoms. The summed E-state index contributed by atoms with van der Waals surface area (Å²) in [7, 11) is 0. The standard InChI is InChI=1S/C15H13N3O/c1-11-9-15(17-14-7-3-2-6-13(11)14)18-16-10-12-5-4-8-19-12/h2-10H,1H3,(H,17,18)/b16-10+.